The van der Waals surface area contributed by atoms with Crippen LogP contribution in [0.15, 0.2) is 48.5 Å². The van der Waals surface area contributed by atoms with Gasteiger partial charge in [-0.2, -0.15) is 0 Å². The molecular weight excluding hydrogens is 398 g/mol. The van der Waals surface area contributed by atoms with Gasteiger partial charge in [0.1, 0.15) is 5.75 Å². The number of hydrogen-bond donors (Lipinski definition) is 1. The lowest BCUT2D eigenvalue weighted by molar-refractivity contribution is 0.0891. The Balaban J connectivity index is 1.61. The topological polar surface area (TPSA) is 44.8 Å². The largest absolute Gasteiger partial charge is 0.497 e. The average molecular weight is 438 g/mol. The summed E-state index contributed by atoms with van der Waals surface area (Å²) in [6.07, 6.45) is 2.27. The highest BCUT2D eigenvalue weighted by Crippen LogP contribution is 2.35. The van der Waals surface area contributed by atoms with Crippen LogP contribution in [0, 0.1) is 5.92 Å². The highest BCUT2D eigenvalue weighted by molar-refractivity contribution is 5.94. The summed E-state index contributed by atoms with van der Waals surface area (Å²) in [7, 11) is 3.87. The van der Waals surface area contributed by atoms with Gasteiger partial charge in [-0.3, -0.25) is 14.6 Å². The summed E-state index contributed by atoms with van der Waals surface area (Å²) in [6.45, 7) is 10.3. The second-order valence-electron chi connectivity index (χ2n) is 9.16. The number of nitrogens with zero attached hydrogens (tertiary/aromatic N) is 2. The summed E-state index contributed by atoms with van der Waals surface area (Å²) < 4.78 is 5.31. The van der Waals surface area contributed by atoms with E-state index in [4.69, 9.17) is 4.74 Å². The minimum absolute atomic E-state index is 0.00876. The number of benzene rings is 2. The van der Waals surface area contributed by atoms with Crippen LogP contribution >= 0.6 is 0 Å². The number of rotatable bonds is 9. The minimum Gasteiger partial charge on any atom is -0.497 e. The van der Waals surface area contributed by atoms with Crippen molar-refractivity contribution in [2.45, 2.75) is 52.2 Å². The summed E-state index contributed by atoms with van der Waals surface area (Å²) in [5, 5.41) is 3.20. The van der Waals surface area contributed by atoms with Crippen LogP contribution in [-0.4, -0.2) is 55.5 Å². The Labute approximate surface area is 193 Å². The average Bonchev–Trinajstić information content (AvgIpc) is 2.81. The molecule has 1 aliphatic heterocycles. The fourth-order valence-electron chi connectivity index (χ4n) is 4.78. The molecule has 5 heteroatoms. The smallest absolute Gasteiger partial charge is 0.251 e. The highest BCUT2D eigenvalue weighted by atomic mass is 16.5. The number of nitrogens with one attached hydrogen (secondary N) is 1. The molecule has 1 N–H and O–H groups in total. The molecule has 1 amide bonds. The number of carbonyl (C=O) groups is 1. The number of amides is 1. The van der Waals surface area contributed by atoms with E-state index < -0.39 is 0 Å². The van der Waals surface area contributed by atoms with E-state index in [1.54, 1.807) is 7.11 Å². The molecule has 0 bridgehead atoms. The molecule has 0 radical (unpaired) electrons. The molecule has 1 heterocycles. The lowest BCUT2D eigenvalue weighted by Gasteiger charge is -2.39. The van der Waals surface area contributed by atoms with Gasteiger partial charge >= 0.3 is 0 Å². The lowest BCUT2D eigenvalue weighted by Crippen LogP contribution is -2.41. The molecule has 2 aromatic rings. The third-order valence-corrected chi connectivity index (χ3v) is 6.73. The zero-order valence-electron chi connectivity index (χ0n) is 20.3. The monoisotopic (exact) mass is 437 g/mol. The molecule has 0 aliphatic carbocycles. The van der Waals surface area contributed by atoms with E-state index in [0.717, 1.165) is 43.8 Å². The standard InChI is InChI=1S/C27H39N3O2/c1-6-30(20(2)3)19-21-9-11-23(12-10-21)27(31)28-18-24-8-7-17-29(4)26(24)22-13-15-25(32-5)16-14-22/h9-16,20,24,26H,6-8,17-19H2,1-5H3,(H,28,31). The minimum atomic E-state index is 0.00876. The zero-order valence-corrected chi connectivity index (χ0v) is 20.3. The van der Waals surface area contributed by atoms with Gasteiger partial charge in [-0.25, -0.2) is 0 Å². The molecule has 2 unspecified atom stereocenters. The Hall–Kier alpha value is -2.37. The van der Waals surface area contributed by atoms with Crippen LogP contribution in [0.25, 0.3) is 0 Å². The maximum absolute atomic E-state index is 12.8. The summed E-state index contributed by atoms with van der Waals surface area (Å²) in [4.78, 5) is 17.7. The second-order valence-corrected chi connectivity index (χ2v) is 9.16. The summed E-state index contributed by atoms with van der Waals surface area (Å²) >= 11 is 0. The van der Waals surface area contributed by atoms with Gasteiger partial charge in [0.15, 0.2) is 0 Å². The molecule has 32 heavy (non-hydrogen) atoms. The maximum atomic E-state index is 12.8. The van der Waals surface area contributed by atoms with Crippen LogP contribution in [0.4, 0.5) is 0 Å². The van der Waals surface area contributed by atoms with E-state index in [9.17, 15) is 4.79 Å². The lowest BCUT2D eigenvalue weighted by atomic mass is 9.85. The van der Waals surface area contributed by atoms with Crippen LogP contribution in [0.5, 0.6) is 5.75 Å². The Kier molecular flexibility index (Phi) is 8.71. The molecule has 1 fully saturated rings. The first-order valence-electron chi connectivity index (χ1n) is 11.9. The third kappa shape index (κ3) is 6.11. The number of hydrogen-bond acceptors (Lipinski definition) is 4. The van der Waals surface area contributed by atoms with Crippen LogP contribution in [-0.2, 0) is 6.54 Å². The zero-order chi connectivity index (χ0) is 23.1. The second kappa shape index (κ2) is 11.5. The fourth-order valence-corrected chi connectivity index (χ4v) is 4.78. The Bertz CT molecular complexity index is 848. The van der Waals surface area contributed by atoms with Gasteiger partial charge in [-0.1, -0.05) is 31.2 Å². The Morgan fingerprint density at radius 1 is 1.16 bits per heavy atom. The summed E-state index contributed by atoms with van der Waals surface area (Å²) in [5.41, 5.74) is 3.25. The van der Waals surface area contributed by atoms with Crippen LogP contribution in [0.3, 0.4) is 0 Å². The normalized spacial score (nSPS) is 19.3. The predicted molar refractivity (Wildman–Crippen MR) is 131 cm³/mol. The molecular formula is C27H39N3O2. The van der Waals surface area contributed by atoms with Gasteiger partial charge in [0.05, 0.1) is 7.11 Å². The first-order chi connectivity index (χ1) is 15.4. The molecule has 0 aromatic heterocycles. The van der Waals surface area contributed by atoms with E-state index >= 15 is 0 Å². The molecule has 2 atom stereocenters. The van der Waals surface area contributed by atoms with Crippen molar-refractivity contribution in [3.05, 3.63) is 65.2 Å². The van der Waals surface area contributed by atoms with Crippen molar-refractivity contribution in [2.75, 3.05) is 33.8 Å². The molecule has 1 aliphatic rings. The molecule has 2 aromatic carbocycles. The van der Waals surface area contributed by atoms with E-state index in [-0.39, 0.29) is 5.91 Å². The maximum Gasteiger partial charge on any atom is 0.251 e. The Morgan fingerprint density at radius 3 is 2.44 bits per heavy atom. The third-order valence-electron chi connectivity index (χ3n) is 6.73. The van der Waals surface area contributed by atoms with E-state index in [1.165, 1.54) is 11.1 Å². The summed E-state index contributed by atoms with van der Waals surface area (Å²) in [6, 6.07) is 17.2. The van der Waals surface area contributed by atoms with Gasteiger partial charge < -0.3 is 10.1 Å². The van der Waals surface area contributed by atoms with Gasteiger partial charge in [0.2, 0.25) is 0 Å². The van der Waals surface area contributed by atoms with Gasteiger partial charge in [-0.15, -0.1) is 0 Å². The first-order valence-corrected chi connectivity index (χ1v) is 11.9. The predicted octanol–water partition coefficient (Wildman–Crippen LogP) is 4.74. The van der Waals surface area contributed by atoms with E-state index in [0.29, 0.717) is 24.5 Å². The van der Waals surface area contributed by atoms with Crippen molar-refractivity contribution >= 4 is 5.91 Å². The molecule has 0 saturated carbocycles. The number of ether oxygens (including phenoxy) is 1. The van der Waals surface area contributed by atoms with Crippen molar-refractivity contribution in [3.8, 4) is 5.75 Å². The van der Waals surface area contributed by atoms with Crippen molar-refractivity contribution in [1.29, 1.82) is 0 Å². The molecule has 3 rings (SSSR count). The Morgan fingerprint density at radius 2 is 1.84 bits per heavy atom. The number of piperidine rings is 1. The van der Waals surface area contributed by atoms with Crippen molar-refractivity contribution in [2.24, 2.45) is 5.92 Å². The number of likely N-dealkylation sites (tertiary alicyclic amines) is 1. The van der Waals surface area contributed by atoms with Crippen LogP contribution in [0.1, 0.15) is 61.1 Å². The van der Waals surface area contributed by atoms with Crippen LogP contribution < -0.4 is 10.1 Å². The molecule has 174 valence electrons. The van der Waals surface area contributed by atoms with Gasteiger partial charge in [-0.05, 0) is 88.1 Å². The molecule has 5 nitrogen and oxygen atoms in total. The van der Waals surface area contributed by atoms with E-state index in [1.807, 2.05) is 24.3 Å². The van der Waals surface area contributed by atoms with Crippen LogP contribution in [0.2, 0.25) is 0 Å². The fraction of sp³-hybridized carbons (Fsp3) is 0.519. The van der Waals surface area contributed by atoms with Crippen molar-refractivity contribution < 1.29 is 9.53 Å². The quantitative estimate of drug-likeness (QED) is 0.616. The number of carbonyl (C=O) groups excluding carboxylic acids is 1. The molecule has 0 spiro atoms. The number of methoxy groups -OCH3 is 1. The highest BCUT2D eigenvalue weighted by Gasteiger charge is 2.30. The first kappa shape index (κ1) is 24.3. The van der Waals surface area contributed by atoms with E-state index in [2.05, 4.69) is 67.2 Å². The van der Waals surface area contributed by atoms with Crippen molar-refractivity contribution in [3.63, 3.8) is 0 Å². The SMILES string of the molecule is CCN(Cc1ccc(C(=O)NCC2CCCN(C)C2c2ccc(OC)cc2)cc1)C(C)C. The summed E-state index contributed by atoms with van der Waals surface area (Å²) in [5.74, 6) is 1.26. The van der Waals surface area contributed by atoms with Gasteiger partial charge in [0, 0.05) is 30.7 Å². The molecule has 1 saturated heterocycles. The van der Waals surface area contributed by atoms with Gasteiger partial charge in [0.25, 0.3) is 5.91 Å². The van der Waals surface area contributed by atoms with Crippen molar-refractivity contribution in [1.82, 2.24) is 15.1 Å².